The van der Waals surface area contributed by atoms with E-state index in [1.807, 2.05) is 36.7 Å². The fourth-order valence-electron chi connectivity index (χ4n) is 2.31. The molecule has 0 fully saturated rings. The average Bonchev–Trinajstić information content (AvgIpc) is 2.95. The van der Waals surface area contributed by atoms with Crippen molar-refractivity contribution in [2.75, 3.05) is 13.1 Å². The topological polar surface area (TPSA) is 72.9 Å². The lowest BCUT2D eigenvalue weighted by Crippen LogP contribution is -2.31. The predicted octanol–water partition coefficient (Wildman–Crippen LogP) is 2.24. The lowest BCUT2D eigenvalue weighted by Gasteiger charge is -2.11. The third kappa shape index (κ3) is 5.08. The van der Waals surface area contributed by atoms with Gasteiger partial charge in [-0.1, -0.05) is 44.2 Å². The number of rotatable bonds is 7. The molecule has 23 heavy (non-hydrogen) atoms. The third-order valence-corrected chi connectivity index (χ3v) is 3.72. The van der Waals surface area contributed by atoms with Crippen LogP contribution in [0.1, 0.15) is 35.5 Å². The van der Waals surface area contributed by atoms with Gasteiger partial charge in [0.2, 0.25) is 0 Å². The van der Waals surface area contributed by atoms with Crippen LogP contribution in [0.2, 0.25) is 0 Å². The van der Waals surface area contributed by atoms with Crippen molar-refractivity contribution in [2.45, 2.75) is 26.8 Å². The summed E-state index contributed by atoms with van der Waals surface area (Å²) in [7, 11) is 0. The van der Waals surface area contributed by atoms with Crippen molar-refractivity contribution in [3.63, 3.8) is 0 Å². The van der Waals surface area contributed by atoms with Gasteiger partial charge in [-0.05, 0) is 24.4 Å². The Morgan fingerprint density at radius 3 is 2.65 bits per heavy atom. The van der Waals surface area contributed by atoms with Crippen LogP contribution in [-0.2, 0) is 13.0 Å². The van der Waals surface area contributed by atoms with Crippen molar-refractivity contribution in [3.05, 3.63) is 53.3 Å². The highest BCUT2D eigenvalue weighted by Gasteiger charge is 2.16. The Bertz CT molecular complexity index is 612. The minimum Gasteiger partial charge on any atom is -0.352 e. The Morgan fingerprint density at radius 1 is 1.35 bits per heavy atom. The summed E-state index contributed by atoms with van der Waals surface area (Å²) in [6.45, 7) is 5.88. The third-order valence-electron chi connectivity index (χ3n) is 3.72. The lowest BCUT2D eigenvalue weighted by molar-refractivity contribution is 0.0947. The smallest absolute Gasteiger partial charge is 0.254 e. The van der Waals surface area contributed by atoms with Gasteiger partial charge in [-0.2, -0.15) is 5.10 Å². The molecule has 3 N–H and O–H groups in total. The molecular weight excluding hydrogens is 312 g/mol. The highest BCUT2D eigenvalue weighted by molar-refractivity contribution is 5.95. The number of carbonyl (C=O) groups excluding carboxylic acids is 1. The molecule has 0 aliphatic rings. The van der Waals surface area contributed by atoms with E-state index in [1.54, 1.807) is 6.20 Å². The molecule has 0 saturated carbocycles. The Balaban J connectivity index is 0.00000264. The normalized spacial score (nSPS) is 11.6. The Hall–Kier alpha value is -1.85. The van der Waals surface area contributed by atoms with E-state index in [0.29, 0.717) is 25.2 Å². The van der Waals surface area contributed by atoms with Crippen LogP contribution in [0.4, 0.5) is 0 Å². The molecule has 0 aliphatic heterocycles. The van der Waals surface area contributed by atoms with Gasteiger partial charge in [-0.3, -0.25) is 9.48 Å². The lowest BCUT2D eigenvalue weighted by atomic mass is 10.1. The van der Waals surface area contributed by atoms with Gasteiger partial charge in [0.25, 0.3) is 5.91 Å². The van der Waals surface area contributed by atoms with Gasteiger partial charge in [0.15, 0.2) is 0 Å². The number of nitrogens with two attached hydrogens (primary N) is 1. The zero-order chi connectivity index (χ0) is 15.9. The van der Waals surface area contributed by atoms with Gasteiger partial charge in [0.05, 0.1) is 24.0 Å². The molecule has 0 bridgehead atoms. The quantitative estimate of drug-likeness (QED) is 0.814. The number of hydrogen-bond acceptors (Lipinski definition) is 3. The molecule has 1 aromatic carbocycles. The molecule has 1 heterocycles. The number of hydrogen-bond donors (Lipinski definition) is 2. The van der Waals surface area contributed by atoms with E-state index in [9.17, 15) is 4.79 Å². The molecule has 1 amide bonds. The van der Waals surface area contributed by atoms with Crippen LogP contribution < -0.4 is 11.1 Å². The zero-order valence-electron chi connectivity index (χ0n) is 13.7. The summed E-state index contributed by atoms with van der Waals surface area (Å²) in [6.07, 6.45) is 2.42. The summed E-state index contributed by atoms with van der Waals surface area (Å²) in [5, 5.41) is 7.31. The molecule has 126 valence electrons. The Morgan fingerprint density at radius 2 is 2.04 bits per heavy atom. The average molecular weight is 337 g/mol. The summed E-state index contributed by atoms with van der Waals surface area (Å²) in [4.78, 5) is 12.3. The maximum atomic E-state index is 12.3. The zero-order valence-corrected chi connectivity index (χ0v) is 14.5. The van der Waals surface area contributed by atoms with E-state index in [0.717, 1.165) is 12.1 Å². The first-order chi connectivity index (χ1) is 10.7. The van der Waals surface area contributed by atoms with Gasteiger partial charge in [0, 0.05) is 6.54 Å². The molecule has 1 aromatic heterocycles. The molecule has 2 aromatic rings. The second-order valence-corrected chi connectivity index (χ2v) is 5.55. The van der Waals surface area contributed by atoms with Crippen LogP contribution in [0, 0.1) is 5.92 Å². The van der Waals surface area contributed by atoms with E-state index in [2.05, 4.69) is 22.5 Å². The van der Waals surface area contributed by atoms with Crippen LogP contribution in [0.5, 0.6) is 0 Å². The van der Waals surface area contributed by atoms with E-state index >= 15 is 0 Å². The van der Waals surface area contributed by atoms with Gasteiger partial charge in [0.1, 0.15) is 0 Å². The van der Waals surface area contributed by atoms with E-state index in [4.69, 9.17) is 5.73 Å². The number of halogens is 1. The summed E-state index contributed by atoms with van der Waals surface area (Å²) in [6, 6.07) is 10.1. The fraction of sp³-hybridized carbons (Fsp3) is 0.412. The van der Waals surface area contributed by atoms with Gasteiger partial charge < -0.3 is 11.1 Å². The second-order valence-electron chi connectivity index (χ2n) is 5.55. The number of amides is 1. The molecule has 6 heteroatoms. The monoisotopic (exact) mass is 336 g/mol. The maximum absolute atomic E-state index is 12.3. The number of benzene rings is 1. The number of aromatic nitrogens is 2. The van der Waals surface area contributed by atoms with Crippen LogP contribution in [-0.4, -0.2) is 28.8 Å². The summed E-state index contributed by atoms with van der Waals surface area (Å²) in [5.74, 6) is 0.199. The minimum absolute atomic E-state index is 0. The van der Waals surface area contributed by atoms with Crippen molar-refractivity contribution >= 4 is 18.3 Å². The fourth-order valence-corrected chi connectivity index (χ4v) is 2.31. The first-order valence-corrected chi connectivity index (χ1v) is 7.72. The molecule has 0 saturated heterocycles. The SMILES string of the molecule is CCc1c(C(=O)NCC(C)CN)cnn1Cc1ccccc1.Cl. The van der Waals surface area contributed by atoms with Crippen molar-refractivity contribution in [1.82, 2.24) is 15.1 Å². The van der Waals surface area contributed by atoms with Crippen LogP contribution in [0.25, 0.3) is 0 Å². The molecular formula is C17H25ClN4O. The largest absolute Gasteiger partial charge is 0.352 e. The number of nitrogens with zero attached hydrogens (tertiary/aromatic N) is 2. The standard InChI is InChI=1S/C17H24N4O.ClH/c1-3-16-15(17(22)19-10-13(2)9-18)11-20-21(16)12-14-7-5-4-6-8-14;/h4-8,11,13H,3,9-10,12,18H2,1-2H3,(H,19,22);1H. The minimum atomic E-state index is -0.0727. The molecule has 0 radical (unpaired) electrons. The Kier molecular flexibility index (Phi) is 7.78. The van der Waals surface area contributed by atoms with Crippen LogP contribution in [0.15, 0.2) is 36.5 Å². The number of carbonyl (C=O) groups is 1. The van der Waals surface area contributed by atoms with Gasteiger partial charge in [-0.15, -0.1) is 12.4 Å². The predicted molar refractivity (Wildman–Crippen MR) is 94.9 cm³/mol. The first kappa shape index (κ1) is 19.2. The summed E-state index contributed by atoms with van der Waals surface area (Å²) in [5.41, 5.74) is 8.36. The van der Waals surface area contributed by atoms with Crippen LogP contribution >= 0.6 is 12.4 Å². The van der Waals surface area contributed by atoms with E-state index in [1.165, 1.54) is 5.56 Å². The molecule has 0 spiro atoms. The number of nitrogens with one attached hydrogen (secondary N) is 1. The van der Waals surface area contributed by atoms with Crippen molar-refractivity contribution in [1.29, 1.82) is 0 Å². The van der Waals surface area contributed by atoms with Gasteiger partial charge >= 0.3 is 0 Å². The van der Waals surface area contributed by atoms with E-state index < -0.39 is 0 Å². The van der Waals surface area contributed by atoms with Gasteiger partial charge in [-0.25, -0.2) is 0 Å². The molecule has 1 atom stereocenters. The van der Waals surface area contributed by atoms with Crippen molar-refractivity contribution < 1.29 is 4.79 Å². The van der Waals surface area contributed by atoms with Crippen molar-refractivity contribution in [3.8, 4) is 0 Å². The molecule has 0 aliphatic carbocycles. The van der Waals surface area contributed by atoms with Crippen LogP contribution in [0.3, 0.4) is 0 Å². The molecule has 5 nitrogen and oxygen atoms in total. The van der Waals surface area contributed by atoms with E-state index in [-0.39, 0.29) is 24.2 Å². The summed E-state index contributed by atoms with van der Waals surface area (Å²) >= 11 is 0. The molecule has 2 rings (SSSR count). The highest BCUT2D eigenvalue weighted by Crippen LogP contribution is 2.12. The summed E-state index contributed by atoms with van der Waals surface area (Å²) < 4.78 is 1.90. The second kappa shape index (κ2) is 9.33. The maximum Gasteiger partial charge on any atom is 0.254 e. The highest BCUT2D eigenvalue weighted by atomic mass is 35.5. The van der Waals surface area contributed by atoms with Crippen molar-refractivity contribution in [2.24, 2.45) is 11.7 Å². The first-order valence-electron chi connectivity index (χ1n) is 7.72. The Labute approximate surface area is 143 Å². The molecule has 1 unspecified atom stereocenters.